The number of rotatable bonds is 4. The van der Waals surface area contributed by atoms with Crippen LogP contribution < -0.4 is 11.1 Å². The molecule has 0 aliphatic carbocycles. The van der Waals surface area contributed by atoms with E-state index in [1.54, 1.807) is 6.07 Å². The average molecular weight is 331 g/mol. The van der Waals surface area contributed by atoms with E-state index in [4.69, 9.17) is 10.7 Å². The Morgan fingerprint density at radius 2 is 2.00 bits per heavy atom. The first-order chi connectivity index (χ1) is 12.2. The molecule has 1 aliphatic rings. The lowest BCUT2D eigenvalue weighted by atomic mass is 9.81. The number of carbonyl (C=O) groups is 1. The molecule has 0 bridgehead atoms. The van der Waals surface area contributed by atoms with Crippen LogP contribution in [0.25, 0.3) is 10.8 Å². The minimum absolute atomic E-state index is 0.235. The van der Waals surface area contributed by atoms with Crippen LogP contribution in [0, 0.1) is 5.92 Å². The van der Waals surface area contributed by atoms with Crippen LogP contribution in [0.4, 0.5) is 0 Å². The maximum Gasteiger partial charge on any atom is 0.248 e. The Morgan fingerprint density at radius 3 is 2.72 bits per heavy atom. The van der Waals surface area contributed by atoms with Gasteiger partial charge in [-0.3, -0.25) is 9.78 Å². The fraction of sp³-hybridized carbons (Fsp3) is 0.238. The third-order valence-electron chi connectivity index (χ3n) is 5.10. The second-order valence-corrected chi connectivity index (χ2v) is 6.64. The molecule has 25 heavy (non-hydrogen) atoms. The van der Waals surface area contributed by atoms with Gasteiger partial charge in [-0.2, -0.15) is 0 Å². The number of hydrogen-bond donors (Lipinski definition) is 2. The Balaban J connectivity index is 1.88. The normalized spacial score (nSPS) is 18.3. The Bertz CT molecular complexity index is 901. The zero-order chi connectivity index (χ0) is 17.2. The number of amides is 1. The first-order valence-corrected chi connectivity index (χ1v) is 8.68. The standard InChI is InChI=1S/C21H21N3O/c22-21(25)16-6-7-18-15(12-16)9-11-24-20(18)19(17-8-10-23-13-17)14-4-2-1-3-5-14/h1-7,9,11-12,17,19,23H,8,10,13H2,(H2,22,25)/t17-,19+/m0/s1. The van der Waals surface area contributed by atoms with E-state index in [0.717, 1.165) is 36.0 Å². The van der Waals surface area contributed by atoms with Crippen molar-refractivity contribution < 1.29 is 4.79 Å². The highest BCUT2D eigenvalue weighted by Crippen LogP contribution is 2.37. The number of carbonyl (C=O) groups excluding carboxylic acids is 1. The quantitative estimate of drug-likeness (QED) is 0.772. The zero-order valence-electron chi connectivity index (χ0n) is 14.0. The molecule has 1 aliphatic heterocycles. The minimum Gasteiger partial charge on any atom is -0.366 e. The number of aromatic nitrogens is 1. The predicted octanol–water partition coefficient (Wildman–Crippen LogP) is 3.08. The second-order valence-electron chi connectivity index (χ2n) is 6.64. The number of fused-ring (bicyclic) bond motifs is 1. The van der Waals surface area contributed by atoms with Gasteiger partial charge in [0.2, 0.25) is 5.91 Å². The Labute approximate surface area is 147 Å². The molecule has 4 nitrogen and oxygen atoms in total. The molecule has 0 saturated carbocycles. The van der Waals surface area contributed by atoms with Crippen molar-refractivity contribution in [1.82, 2.24) is 10.3 Å². The van der Waals surface area contributed by atoms with Crippen molar-refractivity contribution in [3.05, 3.63) is 77.6 Å². The number of pyridine rings is 1. The van der Waals surface area contributed by atoms with Gasteiger partial charge in [-0.05, 0) is 54.6 Å². The molecule has 3 aromatic rings. The molecule has 0 spiro atoms. The van der Waals surface area contributed by atoms with E-state index in [-0.39, 0.29) is 5.92 Å². The topological polar surface area (TPSA) is 68.0 Å². The van der Waals surface area contributed by atoms with Crippen molar-refractivity contribution in [2.75, 3.05) is 13.1 Å². The van der Waals surface area contributed by atoms with Gasteiger partial charge >= 0.3 is 0 Å². The summed E-state index contributed by atoms with van der Waals surface area (Å²) < 4.78 is 0. The predicted molar refractivity (Wildman–Crippen MR) is 99.5 cm³/mol. The fourth-order valence-electron chi connectivity index (χ4n) is 3.88. The summed E-state index contributed by atoms with van der Waals surface area (Å²) in [5, 5.41) is 5.57. The molecule has 4 rings (SSSR count). The van der Waals surface area contributed by atoms with Crippen molar-refractivity contribution >= 4 is 16.7 Å². The van der Waals surface area contributed by atoms with E-state index in [1.807, 2.05) is 30.5 Å². The fourth-order valence-corrected chi connectivity index (χ4v) is 3.88. The monoisotopic (exact) mass is 331 g/mol. The number of nitrogens with two attached hydrogens (primary N) is 1. The van der Waals surface area contributed by atoms with Crippen LogP contribution in [0.3, 0.4) is 0 Å². The lowest BCUT2D eigenvalue weighted by molar-refractivity contribution is 0.100. The van der Waals surface area contributed by atoms with Crippen LogP contribution in [0.1, 0.15) is 34.0 Å². The molecule has 0 radical (unpaired) electrons. The third-order valence-corrected chi connectivity index (χ3v) is 5.10. The molecular formula is C21H21N3O. The van der Waals surface area contributed by atoms with Crippen molar-refractivity contribution in [1.29, 1.82) is 0 Å². The highest BCUT2D eigenvalue weighted by molar-refractivity contribution is 5.98. The van der Waals surface area contributed by atoms with Gasteiger partial charge in [0.15, 0.2) is 0 Å². The van der Waals surface area contributed by atoms with Gasteiger partial charge in [0.05, 0.1) is 5.69 Å². The molecule has 1 aromatic heterocycles. The van der Waals surface area contributed by atoms with Crippen molar-refractivity contribution in [3.8, 4) is 0 Å². The van der Waals surface area contributed by atoms with Crippen molar-refractivity contribution in [2.24, 2.45) is 11.7 Å². The molecule has 2 heterocycles. The van der Waals surface area contributed by atoms with E-state index in [2.05, 4.69) is 29.6 Å². The molecule has 0 unspecified atom stereocenters. The van der Waals surface area contributed by atoms with E-state index in [9.17, 15) is 4.79 Å². The molecule has 2 aromatic carbocycles. The lowest BCUT2D eigenvalue weighted by Gasteiger charge is -2.24. The highest BCUT2D eigenvalue weighted by Gasteiger charge is 2.29. The number of hydrogen-bond acceptors (Lipinski definition) is 3. The van der Waals surface area contributed by atoms with Gasteiger partial charge in [-0.1, -0.05) is 36.4 Å². The van der Waals surface area contributed by atoms with Gasteiger partial charge in [0.1, 0.15) is 0 Å². The molecule has 4 heteroatoms. The first-order valence-electron chi connectivity index (χ1n) is 8.68. The van der Waals surface area contributed by atoms with Crippen LogP contribution in [-0.2, 0) is 0 Å². The minimum atomic E-state index is -0.403. The summed E-state index contributed by atoms with van der Waals surface area (Å²) >= 11 is 0. The smallest absolute Gasteiger partial charge is 0.248 e. The summed E-state index contributed by atoms with van der Waals surface area (Å²) in [5.41, 5.74) is 8.33. The van der Waals surface area contributed by atoms with Crippen LogP contribution in [0.15, 0.2) is 60.8 Å². The maximum atomic E-state index is 11.5. The van der Waals surface area contributed by atoms with Gasteiger partial charge in [0, 0.05) is 23.1 Å². The van der Waals surface area contributed by atoms with E-state index in [1.165, 1.54) is 5.56 Å². The van der Waals surface area contributed by atoms with Crippen LogP contribution in [-0.4, -0.2) is 24.0 Å². The van der Waals surface area contributed by atoms with Crippen LogP contribution in [0.2, 0.25) is 0 Å². The number of nitrogens with zero attached hydrogens (tertiary/aromatic N) is 1. The largest absolute Gasteiger partial charge is 0.366 e. The molecular weight excluding hydrogens is 310 g/mol. The zero-order valence-corrected chi connectivity index (χ0v) is 14.0. The number of primary amides is 1. The van der Waals surface area contributed by atoms with E-state index in [0.29, 0.717) is 11.5 Å². The molecule has 1 amide bonds. The third kappa shape index (κ3) is 3.01. The van der Waals surface area contributed by atoms with Gasteiger partial charge in [-0.15, -0.1) is 0 Å². The Hall–Kier alpha value is -2.72. The average Bonchev–Trinajstić information content (AvgIpc) is 3.17. The summed E-state index contributed by atoms with van der Waals surface area (Å²) in [6, 6.07) is 18.2. The molecule has 3 N–H and O–H groups in total. The van der Waals surface area contributed by atoms with Crippen molar-refractivity contribution in [2.45, 2.75) is 12.3 Å². The molecule has 126 valence electrons. The van der Waals surface area contributed by atoms with Gasteiger partial charge in [-0.25, -0.2) is 0 Å². The van der Waals surface area contributed by atoms with E-state index < -0.39 is 5.91 Å². The first kappa shape index (κ1) is 15.8. The number of nitrogens with one attached hydrogen (secondary N) is 1. The summed E-state index contributed by atoms with van der Waals surface area (Å²) in [4.78, 5) is 16.3. The Kier molecular flexibility index (Phi) is 4.20. The highest BCUT2D eigenvalue weighted by atomic mass is 16.1. The molecule has 2 atom stereocenters. The van der Waals surface area contributed by atoms with Crippen molar-refractivity contribution in [3.63, 3.8) is 0 Å². The summed E-state index contributed by atoms with van der Waals surface area (Å²) in [5.74, 6) is 0.343. The Morgan fingerprint density at radius 1 is 1.16 bits per heavy atom. The van der Waals surface area contributed by atoms with E-state index >= 15 is 0 Å². The summed E-state index contributed by atoms with van der Waals surface area (Å²) in [6.45, 7) is 2.04. The summed E-state index contributed by atoms with van der Waals surface area (Å²) in [7, 11) is 0. The summed E-state index contributed by atoms with van der Waals surface area (Å²) in [6.07, 6.45) is 2.97. The SMILES string of the molecule is NC(=O)c1ccc2c([C@H](c3ccccc3)[C@H]3CCNC3)nccc2c1. The number of benzene rings is 2. The lowest BCUT2D eigenvalue weighted by Crippen LogP contribution is -2.19. The van der Waals surface area contributed by atoms with Gasteiger partial charge < -0.3 is 11.1 Å². The maximum absolute atomic E-state index is 11.5. The van der Waals surface area contributed by atoms with Crippen LogP contribution >= 0.6 is 0 Å². The van der Waals surface area contributed by atoms with Gasteiger partial charge in [0.25, 0.3) is 0 Å². The molecule has 1 saturated heterocycles. The van der Waals surface area contributed by atoms with Crippen LogP contribution in [0.5, 0.6) is 0 Å². The molecule has 1 fully saturated rings. The second kappa shape index (κ2) is 6.65.